The summed E-state index contributed by atoms with van der Waals surface area (Å²) < 4.78 is 0. The van der Waals surface area contributed by atoms with Gasteiger partial charge in [-0.25, -0.2) is 0 Å². The molecule has 25 heavy (non-hydrogen) atoms. The zero-order chi connectivity index (χ0) is 17.6. The van der Waals surface area contributed by atoms with E-state index < -0.39 is 0 Å². The Morgan fingerprint density at radius 3 is 1.52 bits per heavy atom. The molecule has 0 heteroatoms. The normalized spacial score (nSPS) is 24.4. The maximum absolute atomic E-state index is 2.58. The fraction of sp³-hybridized carbons (Fsp3) is 0.920. The van der Waals surface area contributed by atoms with E-state index in [0.29, 0.717) is 5.41 Å². The minimum atomic E-state index is 0.667. The predicted octanol–water partition coefficient (Wildman–Crippen LogP) is 8.99. The fourth-order valence-electron chi connectivity index (χ4n) is 5.19. The molecule has 1 saturated carbocycles. The highest BCUT2D eigenvalue weighted by Crippen LogP contribution is 2.52. The summed E-state index contributed by atoms with van der Waals surface area (Å²) in [6, 6.07) is 0. The minimum Gasteiger partial charge on any atom is -0.0848 e. The smallest absolute Gasteiger partial charge is 0.0112 e. The van der Waals surface area contributed by atoms with Crippen LogP contribution in [-0.4, -0.2) is 0 Å². The van der Waals surface area contributed by atoms with Gasteiger partial charge in [0.25, 0.3) is 0 Å². The number of fused-ring (bicyclic) bond motifs is 2. The number of allylic oxidation sites excluding steroid dienone is 2. The Morgan fingerprint density at radius 2 is 1.16 bits per heavy atom. The van der Waals surface area contributed by atoms with Crippen LogP contribution in [0.25, 0.3) is 0 Å². The molecule has 2 bridgehead atoms. The quantitative estimate of drug-likeness (QED) is 0.182. The Morgan fingerprint density at radius 1 is 0.680 bits per heavy atom. The fourth-order valence-corrected chi connectivity index (χ4v) is 5.19. The topological polar surface area (TPSA) is 0 Å². The largest absolute Gasteiger partial charge is 0.0848 e. The molecule has 2 aliphatic rings. The first-order valence-corrected chi connectivity index (χ1v) is 12.0. The van der Waals surface area contributed by atoms with Gasteiger partial charge in [0.2, 0.25) is 0 Å². The Labute approximate surface area is 159 Å². The molecule has 0 radical (unpaired) electrons. The number of hydrogen-bond donors (Lipinski definition) is 0. The van der Waals surface area contributed by atoms with Gasteiger partial charge in [0.1, 0.15) is 0 Å². The molecule has 0 saturated heterocycles. The SMILES string of the molecule is CCCCCCCCCCCCCCCCCCC12C=CC(CC1)C2. The molecule has 0 aromatic carbocycles. The molecule has 0 aliphatic heterocycles. The van der Waals surface area contributed by atoms with E-state index in [4.69, 9.17) is 0 Å². The van der Waals surface area contributed by atoms with Crippen LogP contribution < -0.4 is 0 Å². The third-order valence-electron chi connectivity index (χ3n) is 6.93. The van der Waals surface area contributed by atoms with Gasteiger partial charge in [-0.05, 0) is 37.0 Å². The zero-order valence-corrected chi connectivity index (χ0v) is 17.4. The lowest BCUT2D eigenvalue weighted by Gasteiger charge is -2.23. The Hall–Kier alpha value is -0.260. The summed E-state index contributed by atoms with van der Waals surface area (Å²) in [5.41, 5.74) is 0.667. The maximum Gasteiger partial charge on any atom is -0.0112 e. The maximum atomic E-state index is 2.58. The van der Waals surface area contributed by atoms with Gasteiger partial charge in [0.15, 0.2) is 0 Å². The molecule has 0 aromatic rings. The average Bonchev–Trinajstić information content (AvgIpc) is 3.22. The van der Waals surface area contributed by atoms with Crippen LogP contribution in [0.15, 0.2) is 12.2 Å². The first-order valence-electron chi connectivity index (χ1n) is 12.0. The number of rotatable bonds is 17. The average molecular weight is 347 g/mol. The molecule has 2 rings (SSSR count). The lowest BCUT2D eigenvalue weighted by molar-refractivity contribution is 0.350. The first-order chi connectivity index (χ1) is 12.3. The third-order valence-corrected chi connectivity index (χ3v) is 6.93. The first kappa shape index (κ1) is 21.0. The van der Waals surface area contributed by atoms with Crippen molar-refractivity contribution < 1.29 is 0 Å². The predicted molar refractivity (Wildman–Crippen MR) is 113 cm³/mol. The van der Waals surface area contributed by atoms with Crippen molar-refractivity contribution in [3.8, 4) is 0 Å². The molecule has 0 N–H and O–H groups in total. The second-order valence-electron chi connectivity index (χ2n) is 9.28. The molecule has 2 unspecified atom stereocenters. The van der Waals surface area contributed by atoms with Crippen LogP contribution in [-0.2, 0) is 0 Å². The van der Waals surface area contributed by atoms with E-state index in [0.717, 1.165) is 5.92 Å². The lowest BCUT2D eigenvalue weighted by Crippen LogP contribution is -2.10. The Balaban J connectivity index is 1.25. The molecule has 1 fully saturated rings. The van der Waals surface area contributed by atoms with E-state index >= 15 is 0 Å². The summed E-state index contributed by atoms with van der Waals surface area (Å²) in [5.74, 6) is 0.959. The van der Waals surface area contributed by atoms with Gasteiger partial charge < -0.3 is 0 Å². The minimum absolute atomic E-state index is 0.667. The molecule has 0 heterocycles. The summed E-state index contributed by atoms with van der Waals surface area (Å²) in [6.45, 7) is 2.30. The van der Waals surface area contributed by atoms with Gasteiger partial charge in [-0.2, -0.15) is 0 Å². The van der Waals surface area contributed by atoms with E-state index in [-0.39, 0.29) is 0 Å². The molecule has 2 aliphatic carbocycles. The van der Waals surface area contributed by atoms with Gasteiger partial charge in [-0.1, -0.05) is 122 Å². The van der Waals surface area contributed by atoms with Crippen LogP contribution >= 0.6 is 0 Å². The van der Waals surface area contributed by atoms with Gasteiger partial charge in [0.05, 0.1) is 0 Å². The van der Waals surface area contributed by atoms with Crippen molar-refractivity contribution in [2.45, 2.75) is 135 Å². The van der Waals surface area contributed by atoms with E-state index in [2.05, 4.69) is 19.1 Å². The lowest BCUT2D eigenvalue weighted by atomic mass is 9.82. The van der Waals surface area contributed by atoms with Crippen LogP contribution in [0.2, 0.25) is 0 Å². The highest BCUT2D eigenvalue weighted by molar-refractivity contribution is 5.15. The zero-order valence-electron chi connectivity index (χ0n) is 17.4. The molecule has 146 valence electrons. The highest BCUT2D eigenvalue weighted by Gasteiger charge is 2.39. The van der Waals surface area contributed by atoms with Crippen LogP contribution in [0.4, 0.5) is 0 Å². The van der Waals surface area contributed by atoms with Gasteiger partial charge in [0, 0.05) is 0 Å². The monoisotopic (exact) mass is 346 g/mol. The second-order valence-corrected chi connectivity index (χ2v) is 9.28. The van der Waals surface area contributed by atoms with Crippen molar-refractivity contribution in [3.05, 3.63) is 12.2 Å². The summed E-state index contributed by atoms with van der Waals surface area (Å²) in [7, 11) is 0. The van der Waals surface area contributed by atoms with Crippen molar-refractivity contribution in [3.63, 3.8) is 0 Å². The molecule has 0 spiro atoms. The van der Waals surface area contributed by atoms with E-state index in [9.17, 15) is 0 Å². The summed E-state index contributed by atoms with van der Waals surface area (Å²) in [6.07, 6.45) is 34.7. The van der Waals surface area contributed by atoms with Crippen molar-refractivity contribution >= 4 is 0 Å². The molecular formula is C25H46. The van der Waals surface area contributed by atoms with Crippen LogP contribution in [0.5, 0.6) is 0 Å². The van der Waals surface area contributed by atoms with Crippen molar-refractivity contribution in [1.82, 2.24) is 0 Å². The van der Waals surface area contributed by atoms with Crippen molar-refractivity contribution in [2.24, 2.45) is 11.3 Å². The second kappa shape index (κ2) is 13.0. The van der Waals surface area contributed by atoms with E-state index in [1.54, 1.807) is 0 Å². The van der Waals surface area contributed by atoms with Crippen LogP contribution in [0.1, 0.15) is 135 Å². The molecule has 2 atom stereocenters. The van der Waals surface area contributed by atoms with Gasteiger partial charge in [-0.3, -0.25) is 0 Å². The Bertz CT molecular complexity index is 342. The summed E-state index contributed by atoms with van der Waals surface area (Å²) in [4.78, 5) is 0. The van der Waals surface area contributed by atoms with E-state index in [1.807, 2.05) is 0 Å². The Kier molecular flexibility index (Phi) is 10.9. The van der Waals surface area contributed by atoms with Gasteiger partial charge >= 0.3 is 0 Å². The van der Waals surface area contributed by atoms with E-state index in [1.165, 1.54) is 128 Å². The molecule has 0 aromatic heterocycles. The third kappa shape index (κ3) is 8.78. The molecule has 0 amide bonds. The van der Waals surface area contributed by atoms with Crippen LogP contribution in [0, 0.1) is 11.3 Å². The number of hydrogen-bond acceptors (Lipinski definition) is 0. The number of unbranched alkanes of at least 4 members (excludes halogenated alkanes) is 15. The molecular weight excluding hydrogens is 300 g/mol. The molecule has 0 nitrogen and oxygen atoms in total. The van der Waals surface area contributed by atoms with Crippen LogP contribution in [0.3, 0.4) is 0 Å². The standard InChI is InChI=1S/C25H46/c1-2-3-4-5-6-7-8-9-10-11-12-13-14-15-16-17-20-25-21-18-24(23-25)19-22-25/h18,21,24H,2-17,19-20,22-23H2,1H3. The van der Waals surface area contributed by atoms with Crippen molar-refractivity contribution in [2.75, 3.05) is 0 Å². The van der Waals surface area contributed by atoms with Crippen molar-refractivity contribution in [1.29, 1.82) is 0 Å². The summed E-state index contributed by atoms with van der Waals surface area (Å²) in [5, 5.41) is 0. The highest BCUT2D eigenvalue weighted by atomic mass is 14.4. The van der Waals surface area contributed by atoms with Gasteiger partial charge in [-0.15, -0.1) is 0 Å². The summed E-state index contributed by atoms with van der Waals surface area (Å²) >= 11 is 0.